The van der Waals surface area contributed by atoms with Gasteiger partial charge in [0.05, 0.1) is 0 Å². The molecule has 15 heavy (non-hydrogen) atoms. The number of halogens is 1. The Labute approximate surface area is 89.9 Å². The van der Waals surface area contributed by atoms with Crippen molar-refractivity contribution >= 4 is 11.6 Å². The van der Waals surface area contributed by atoms with Crippen LogP contribution >= 0.6 is 0 Å². The fourth-order valence-electron chi connectivity index (χ4n) is 0.955. The Morgan fingerprint density at radius 2 is 1.87 bits per heavy atom. The zero-order valence-corrected chi connectivity index (χ0v) is 9.42. The minimum atomic E-state index is -0.925. The predicted molar refractivity (Wildman–Crippen MR) is 58.0 cm³/mol. The van der Waals surface area contributed by atoms with E-state index in [1.807, 2.05) is 0 Å². The summed E-state index contributed by atoms with van der Waals surface area (Å²) in [5.74, 6) is -2.03. The van der Waals surface area contributed by atoms with Gasteiger partial charge >= 0.3 is 0 Å². The molecule has 0 radical (unpaired) electrons. The summed E-state index contributed by atoms with van der Waals surface area (Å²) in [5.41, 5.74) is 0. The summed E-state index contributed by atoms with van der Waals surface area (Å²) in [6.45, 7) is 8.14. The Kier molecular flexibility index (Phi) is 5.75. The highest BCUT2D eigenvalue weighted by Gasteiger charge is 2.14. The van der Waals surface area contributed by atoms with Gasteiger partial charge in [-0.25, -0.2) is 4.39 Å². The molecular weight excluding hydrogens is 195 g/mol. The van der Waals surface area contributed by atoms with Gasteiger partial charge in [0, 0.05) is 11.8 Å². The Balaban J connectivity index is 4.11. The molecular formula is C12H17FO2. The summed E-state index contributed by atoms with van der Waals surface area (Å²) in [6.07, 6.45) is 3.41. The van der Waals surface area contributed by atoms with Crippen LogP contribution in [-0.2, 0) is 9.59 Å². The predicted octanol–water partition coefficient (Wildman–Crippen LogP) is 2.85. The highest BCUT2D eigenvalue weighted by Crippen LogP contribution is 2.11. The second-order valence-corrected chi connectivity index (χ2v) is 3.87. The zero-order chi connectivity index (χ0) is 12.0. The smallest absolute Gasteiger partial charge is 0.193 e. The van der Waals surface area contributed by atoms with E-state index in [2.05, 4.69) is 6.58 Å². The van der Waals surface area contributed by atoms with Crippen LogP contribution in [-0.4, -0.2) is 11.6 Å². The molecule has 0 saturated heterocycles. The van der Waals surface area contributed by atoms with Gasteiger partial charge in [-0.15, -0.1) is 0 Å². The summed E-state index contributed by atoms with van der Waals surface area (Å²) in [7, 11) is 0. The third kappa shape index (κ3) is 5.25. The van der Waals surface area contributed by atoms with E-state index in [4.69, 9.17) is 0 Å². The van der Waals surface area contributed by atoms with Gasteiger partial charge in [0.25, 0.3) is 0 Å². The van der Waals surface area contributed by atoms with Crippen LogP contribution in [0.3, 0.4) is 0 Å². The highest BCUT2D eigenvalue weighted by molar-refractivity contribution is 5.94. The molecule has 0 amide bonds. The lowest BCUT2D eigenvalue weighted by Crippen LogP contribution is -2.10. The SMILES string of the molecule is C=C(F)C(=O)C(C)C/C=C\C(=O)C(C)C. The fourth-order valence-corrected chi connectivity index (χ4v) is 0.955. The Bertz CT molecular complexity index is 290. The van der Waals surface area contributed by atoms with Gasteiger partial charge in [-0.05, 0) is 12.5 Å². The Morgan fingerprint density at radius 1 is 1.33 bits per heavy atom. The second-order valence-electron chi connectivity index (χ2n) is 3.87. The van der Waals surface area contributed by atoms with Crippen LogP contribution in [0.2, 0.25) is 0 Å². The van der Waals surface area contributed by atoms with Gasteiger partial charge in [-0.1, -0.05) is 33.4 Å². The Hall–Kier alpha value is -1.25. The van der Waals surface area contributed by atoms with Crippen molar-refractivity contribution < 1.29 is 14.0 Å². The number of hydrogen-bond acceptors (Lipinski definition) is 2. The van der Waals surface area contributed by atoms with E-state index in [1.54, 1.807) is 26.8 Å². The maximum absolute atomic E-state index is 12.4. The van der Waals surface area contributed by atoms with Crippen molar-refractivity contribution in [3.63, 3.8) is 0 Å². The number of Topliss-reactive ketones (excluding diaryl/α,β-unsaturated/α-hetero) is 1. The van der Waals surface area contributed by atoms with Gasteiger partial charge in [0.1, 0.15) is 0 Å². The van der Waals surface area contributed by atoms with Crippen LogP contribution < -0.4 is 0 Å². The molecule has 0 aliphatic carbocycles. The summed E-state index contributed by atoms with van der Waals surface area (Å²) in [6, 6.07) is 0. The van der Waals surface area contributed by atoms with E-state index < -0.39 is 17.5 Å². The van der Waals surface area contributed by atoms with Crippen molar-refractivity contribution in [1.82, 2.24) is 0 Å². The number of rotatable bonds is 6. The van der Waals surface area contributed by atoms with Crippen LogP contribution in [0, 0.1) is 11.8 Å². The van der Waals surface area contributed by atoms with Crippen molar-refractivity contribution in [2.75, 3.05) is 0 Å². The Morgan fingerprint density at radius 3 is 2.27 bits per heavy atom. The molecule has 0 aromatic heterocycles. The third-order valence-corrected chi connectivity index (χ3v) is 2.06. The lowest BCUT2D eigenvalue weighted by atomic mass is 10.0. The number of carbonyl (C=O) groups is 2. The summed E-state index contributed by atoms with van der Waals surface area (Å²) in [4.78, 5) is 22.2. The van der Waals surface area contributed by atoms with Crippen LogP contribution in [0.15, 0.2) is 24.6 Å². The monoisotopic (exact) mass is 212 g/mol. The molecule has 2 nitrogen and oxygen atoms in total. The van der Waals surface area contributed by atoms with Gasteiger partial charge in [0.15, 0.2) is 17.4 Å². The first-order valence-electron chi connectivity index (χ1n) is 4.95. The topological polar surface area (TPSA) is 34.1 Å². The minimum absolute atomic E-state index is 0.00808. The average molecular weight is 212 g/mol. The first-order chi connectivity index (χ1) is 6.86. The molecule has 0 aliphatic heterocycles. The molecule has 0 bridgehead atoms. The fraction of sp³-hybridized carbons (Fsp3) is 0.500. The van der Waals surface area contributed by atoms with E-state index in [0.717, 1.165) is 0 Å². The first-order valence-corrected chi connectivity index (χ1v) is 4.95. The van der Waals surface area contributed by atoms with E-state index in [1.165, 1.54) is 6.08 Å². The molecule has 3 heteroatoms. The van der Waals surface area contributed by atoms with Crippen LogP contribution in [0.4, 0.5) is 4.39 Å². The van der Waals surface area contributed by atoms with Gasteiger partial charge in [-0.3, -0.25) is 9.59 Å². The molecule has 0 rings (SSSR count). The number of carbonyl (C=O) groups excluding carboxylic acids is 2. The molecule has 0 N–H and O–H groups in total. The molecule has 0 spiro atoms. The molecule has 84 valence electrons. The van der Waals surface area contributed by atoms with E-state index >= 15 is 0 Å². The molecule has 0 saturated carbocycles. The van der Waals surface area contributed by atoms with Gasteiger partial charge in [0.2, 0.25) is 0 Å². The summed E-state index contributed by atoms with van der Waals surface area (Å²) < 4.78 is 12.4. The van der Waals surface area contributed by atoms with E-state index in [9.17, 15) is 14.0 Å². The van der Waals surface area contributed by atoms with Crippen molar-refractivity contribution in [3.05, 3.63) is 24.6 Å². The lowest BCUT2D eigenvalue weighted by molar-refractivity contribution is -0.120. The highest BCUT2D eigenvalue weighted by atomic mass is 19.1. The summed E-state index contributed by atoms with van der Waals surface area (Å²) >= 11 is 0. The zero-order valence-electron chi connectivity index (χ0n) is 9.42. The molecule has 0 aliphatic rings. The van der Waals surface area contributed by atoms with Crippen molar-refractivity contribution in [2.45, 2.75) is 27.2 Å². The standard InChI is InChI=1S/C12H17FO2/c1-8(2)11(14)7-5-6-9(3)12(15)10(4)13/h5,7-9H,4,6H2,1-3H3/b7-5-. The molecule has 0 fully saturated rings. The normalized spacial score (nSPS) is 13.1. The number of hydrogen-bond donors (Lipinski definition) is 0. The van der Waals surface area contributed by atoms with E-state index in [0.29, 0.717) is 6.42 Å². The summed E-state index contributed by atoms with van der Waals surface area (Å²) in [5, 5.41) is 0. The maximum atomic E-state index is 12.4. The third-order valence-electron chi connectivity index (χ3n) is 2.06. The second kappa shape index (κ2) is 6.27. The lowest BCUT2D eigenvalue weighted by Gasteiger charge is -2.04. The largest absolute Gasteiger partial charge is 0.295 e. The van der Waals surface area contributed by atoms with Crippen molar-refractivity contribution in [1.29, 1.82) is 0 Å². The van der Waals surface area contributed by atoms with Gasteiger partial charge < -0.3 is 0 Å². The van der Waals surface area contributed by atoms with Crippen LogP contribution in [0.1, 0.15) is 27.2 Å². The minimum Gasteiger partial charge on any atom is -0.295 e. The van der Waals surface area contributed by atoms with Crippen molar-refractivity contribution in [3.8, 4) is 0 Å². The molecule has 1 unspecified atom stereocenters. The maximum Gasteiger partial charge on any atom is 0.193 e. The quantitative estimate of drug-likeness (QED) is 0.634. The van der Waals surface area contributed by atoms with Crippen molar-refractivity contribution in [2.24, 2.45) is 11.8 Å². The average Bonchev–Trinajstić information content (AvgIpc) is 2.15. The molecule has 0 aromatic rings. The number of allylic oxidation sites excluding steroid dienone is 3. The molecule has 0 aromatic carbocycles. The first kappa shape index (κ1) is 13.8. The molecule has 0 heterocycles. The van der Waals surface area contributed by atoms with E-state index in [-0.39, 0.29) is 11.7 Å². The molecule has 1 atom stereocenters. The van der Waals surface area contributed by atoms with Gasteiger partial charge in [-0.2, -0.15) is 0 Å². The van der Waals surface area contributed by atoms with Crippen LogP contribution in [0.25, 0.3) is 0 Å². The van der Waals surface area contributed by atoms with Crippen LogP contribution in [0.5, 0.6) is 0 Å². The number of ketones is 2.